The predicted octanol–water partition coefficient (Wildman–Crippen LogP) is 3.41. The van der Waals surface area contributed by atoms with E-state index in [1.54, 1.807) is 19.1 Å². The van der Waals surface area contributed by atoms with Gasteiger partial charge in [0.15, 0.2) is 10.3 Å². The summed E-state index contributed by atoms with van der Waals surface area (Å²) in [5, 5.41) is 9.80. The molecule has 0 spiro atoms. The van der Waals surface area contributed by atoms with Crippen molar-refractivity contribution in [1.82, 2.24) is 15.5 Å². The first-order chi connectivity index (χ1) is 9.47. The Hall–Kier alpha value is -1.72. The number of nitrogens with zero attached hydrogens (tertiary/aromatic N) is 2. The van der Waals surface area contributed by atoms with Gasteiger partial charge in [-0.1, -0.05) is 35.3 Å². The molecule has 2 rings (SSSR count). The van der Waals surface area contributed by atoms with E-state index in [1.165, 1.54) is 18.2 Å². The number of aromatic nitrogens is 2. The van der Waals surface area contributed by atoms with Gasteiger partial charge in [0.05, 0.1) is 11.6 Å². The lowest BCUT2D eigenvalue weighted by atomic mass is 10.1. The maximum Gasteiger partial charge on any atom is 0.255 e. The van der Waals surface area contributed by atoms with Crippen molar-refractivity contribution >= 4 is 29.1 Å². The molecule has 1 heterocycles. The van der Waals surface area contributed by atoms with Gasteiger partial charge in [0.2, 0.25) is 0 Å². The largest absolute Gasteiger partial charge is 0.345 e. The molecule has 1 aromatic carbocycles. The van der Waals surface area contributed by atoms with Crippen LogP contribution in [0.15, 0.2) is 30.3 Å². The standard InChI is InChI=1S/C13H10Cl2FN3O/c1-7(8-3-2-4-9(16)5-8)17-13(20)10-6-11(14)18-19-12(10)15/h2-7H,1H3,(H,17,20). The Bertz CT molecular complexity index is 651. The molecule has 0 aliphatic rings. The fraction of sp³-hybridized carbons (Fsp3) is 0.154. The fourth-order valence-electron chi connectivity index (χ4n) is 1.65. The number of amides is 1. The summed E-state index contributed by atoms with van der Waals surface area (Å²) in [7, 11) is 0. The average Bonchev–Trinajstić information content (AvgIpc) is 2.41. The van der Waals surface area contributed by atoms with Crippen LogP contribution in [0, 0.1) is 5.82 Å². The molecule has 104 valence electrons. The number of halogens is 3. The van der Waals surface area contributed by atoms with Gasteiger partial charge in [-0.3, -0.25) is 4.79 Å². The number of benzene rings is 1. The van der Waals surface area contributed by atoms with E-state index < -0.39 is 5.91 Å². The van der Waals surface area contributed by atoms with Crippen molar-refractivity contribution in [3.05, 3.63) is 57.6 Å². The highest BCUT2D eigenvalue weighted by atomic mass is 35.5. The molecule has 0 saturated heterocycles. The number of carbonyl (C=O) groups is 1. The second kappa shape index (κ2) is 6.15. The minimum Gasteiger partial charge on any atom is -0.345 e. The van der Waals surface area contributed by atoms with Crippen molar-refractivity contribution in [3.8, 4) is 0 Å². The van der Waals surface area contributed by atoms with Gasteiger partial charge in [0.25, 0.3) is 5.91 Å². The lowest BCUT2D eigenvalue weighted by Crippen LogP contribution is -2.27. The van der Waals surface area contributed by atoms with Crippen LogP contribution < -0.4 is 5.32 Å². The van der Waals surface area contributed by atoms with Crippen molar-refractivity contribution in [1.29, 1.82) is 0 Å². The van der Waals surface area contributed by atoms with E-state index >= 15 is 0 Å². The first-order valence-electron chi connectivity index (χ1n) is 5.72. The maximum absolute atomic E-state index is 13.1. The van der Waals surface area contributed by atoms with Crippen LogP contribution in [0.3, 0.4) is 0 Å². The van der Waals surface area contributed by atoms with Gasteiger partial charge in [-0.15, -0.1) is 10.2 Å². The van der Waals surface area contributed by atoms with Crippen LogP contribution in [0.5, 0.6) is 0 Å². The molecule has 1 unspecified atom stereocenters. The molecular weight excluding hydrogens is 304 g/mol. The molecule has 4 nitrogen and oxygen atoms in total. The third kappa shape index (κ3) is 3.43. The summed E-state index contributed by atoms with van der Waals surface area (Å²) >= 11 is 11.5. The highest BCUT2D eigenvalue weighted by molar-refractivity contribution is 6.34. The van der Waals surface area contributed by atoms with Crippen molar-refractivity contribution in [2.45, 2.75) is 13.0 Å². The average molecular weight is 314 g/mol. The van der Waals surface area contributed by atoms with Crippen LogP contribution in [0.2, 0.25) is 10.3 Å². The molecule has 2 aromatic rings. The van der Waals surface area contributed by atoms with Crippen molar-refractivity contribution in [2.24, 2.45) is 0 Å². The van der Waals surface area contributed by atoms with Crippen LogP contribution in [0.4, 0.5) is 4.39 Å². The van der Waals surface area contributed by atoms with Gasteiger partial charge in [-0.2, -0.15) is 0 Å². The zero-order valence-corrected chi connectivity index (χ0v) is 11.9. The third-order valence-corrected chi connectivity index (χ3v) is 3.12. The number of nitrogens with one attached hydrogen (secondary N) is 1. The van der Waals surface area contributed by atoms with E-state index in [0.29, 0.717) is 5.56 Å². The molecular formula is C13H10Cl2FN3O. The second-order valence-electron chi connectivity index (χ2n) is 4.12. The van der Waals surface area contributed by atoms with E-state index in [1.807, 2.05) is 0 Å². The Labute approximate surface area is 124 Å². The van der Waals surface area contributed by atoms with Gasteiger partial charge in [-0.25, -0.2) is 4.39 Å². The van der Waals surface area contributed by atoms with Crippen LogP contribution in [0.25, 0.3) is 0 Å². The number of hydrogen-bond donors (Lipinski definition) is 1. The first kappa shape index (κ1) is 14.7. The Morgan fingerprint density at radius 3 is 2.75 bits per heavy atom. The van der Waals surface area contributed by atoms with E-state index in [2.05, 4.69) is 15.5 Å². The molecule has 1 N–H and O–H groups in total. The minimum absolute atomic E-state index is 0.0432. The summed E-state index contributed by atoms with van der Waals surface area (Å²) in [6.45, 7) is 1.73. The SMILES string of the molecule is CC(NC(=O)c1cc(Cl)nnc1Cl)c1cccc(F)c1. The van der Waals surface area contributed by atoms with Crippen molar-refractivity contribution in [2.75, 3.05) is 0 Å². The first-order valence-corrected chi connectivity index (χ1v) is 6.48. The minimum atomic E-state index is -0.455. The van der Waals surface area contributed by atoms with Gasteiger partial charge >= 0.3 is 0 Å². The summed E-state index contributed by atoms with van der Waals surface area (Å²) < 4.78 is 13.1. The second-order valence-corrected chi connectivity index (χ2v) is 4.87. The highest BCUT2D eigenvalue weighted by Gasteiger charge is 2.16. The van der Waals surface area contributed by atoms with Gasteiger partial charge < -0.3 is 5.32 Å². The Kier molecular flexibility index (Phi) is 4.52. The summed E-state index contributed by atoms with van der Waals surface area (Å²) in [4.78, 5) is 12.1. The van der Waals surface area contributed by atoms with Crippen LogP contribution in [0.1, 0.15) is 28.9 Å². The Morgan fingerprint density at radius 1 is 1.30 bits per heavy atom. The summed E-state index contributed by atoms with van der Waals surface area (Å²) in [6, 6.07) is 6.91. The molecule has 1 amide bonds. The topological polar surface area (TPSA) is 54.9 Å². The summed E-state index contributed by atoms with van der Waals surface area (Å²) in [6.07, 6.45) is 0. The molecule has 0 aliphatic heterocycles. The molecule has 0 bridgehead atoms. The molecule has 1 aromatic heterocycles. The lowest BCUT2D eigenvalue weighted by Gasteiger charge is -2.14. The highest BCUT2D eigenvalue weighted by Crippen LogP contribution is 2.18. The van der Waals surface area contributed by atoms with Crippen LogP contribution in [-0.2, 0) is 0 Å². The van der Waals surface area contributed by atoms with Crippen LogP contribution >= 0.6 is 23.2 Å². The van der Waals surface area contributed by atoms with E-state index in [4.69, 9.17) is 23.2 Å². The molecule has 1 atom stereocenters. The smallest absolute Gasteiger partial charge is 0.255 e. The third-order valence-electron chi connectivity index (χ3n) is 2.66. The Balaban J connectivity index is 2.17. The van der Waals surface area contributed by atoms with E-state index in [-0.39, 0.29) is 27.7 Å². The van der Waals surface area contributed by atoms with Crippen molar-refractivity contribution < 1.29 is 9.18 Å². The maximum atomic E-state index is 13.1. The number of rotatable bonds is 3. The van der Waals surface area contributed by atoms with E-state index in [9.17, 15) is 9.18 Å². The lowest BCUT2D eigenvalue weighted by molar-refractivity contribution is 0.0939. The molecule has 0 saturated carbocycles. The van der Waals surface area contributed by atoms with Gasteiger partial charge in [-0.05, 0) is 30.7 Å². The fourth-order valence-corrected chi connectivity index (χ4v) is 1.97. The predicted molar refractivity (Wildman–Crippen MR) is 74.3 cm³/mol. The zero-order chi connectivity index (χ0) is 14.7. The zero-order valence-electron chi connectivity index (χ0n) is 10.4. The van der Waals surface area contributed by atoms with Gasteiger partial charge in [0.1, 0.15) is 5.82 Å². The van der Waals surface area contributed by atoms with Crippen molar-refractivity contribution in [3.63, 3.8) is 0 Å². The summed E-state index contributed by atoms with van der Waals surface area (Å²) in [5.74, 6) is -0.821. The number of hydrogen-bond acceptors (Lipinski definition) is 3. The molecule has 0 aliphatic carbocycles. The number of carbonyl (C=O) groups excluding carboxylic acids is 1. The molecule has 0 radical (unpaired) electrons. The quantitative estimate of drug-likeness (QED) is 0.944. The van der Waals surface area contributed by atoms with E-state index in [0.717, 1.165) is 0 Å². The molecule has 20 heavy (non-hydrogen) atoms. The summed E-state index contributed by atoms with van der Waals surface area (Å²) in [5.41, 5.74) is 0.762. The molecule has 7 heteroatoms. The van der Waals surface area contributed by atoms with Crippen LogP contribution in [-0.4, -0.2) is 16.1 Å². The van der Waals surface area contributed by atoms with Gasteiger partial charge in [0, 0.05) is 0 Å². The Morgan fingerprint density at radius 2 is 2.05 bits per heavy atom. The monoisotopic (exact) mass is 313 g/mol. The molecule has 0 fully saturated rings. The normalized spacial score (nSPS) is 12.0.